The van der Waals surface area contributed by atoms with Crippen molar-refractivity contribution >= 4 is 17.2 Å². The van der Waals surface area contributed by atoms with Crippen molar-refractivity contribution in [1.29, 1.82) is 0 Å². The van der Waals surface area contributed by atoms with Crippen LogP contribution >= 0.6 is 11.3 Å². The minimum absolute atomic E-state index is 0.0805. The van der Waals surface area contributed by atoms with Gasteiger partial charge in [0.05, 0.1) is 17.1 Å². The third-order valence-corrected chi connectivity index (χ3v) is 4.00. The Balaban J connectivity index is 1.53. The Morgan fingerprint density at radius 2 is 2.45 bits per heavy atom. The van der Waals surface area contributed by atoms with Gasteiger partial charge in [0, 0.05) is 18.7 Å². The molecule has 0 spiro atoms. The highest BCUT2D eigenvalue weighted by Gasteiger charge is 2.23. The van der Waals surface area contributed by atoms with E-state index >= 15 is 0 Å². The van der Waals surface area contributed by atoms with Crippen LogP contribution in [-0.4, -0.2) is 35.6 Å². The lowest BCUT2D eigenvalue weighted by Gasteiger charge is -2.14. The van der Waals surface area contributed by atoms with Crippen LogP contribution in [0.5, 0.6) is 0 Å². The highest BCUT2D eigenvalue weighted by atomic mass is 32.1. The lowest BCUT2D eigenvalue weighted by molar-refractivity contribution is -0.122. The van der Waals surface area contributed by atoms with E-state index in [1.807, 2.05) is 35.5 Å². The standard InChI is InChI=1S/C14H17N3O2S/c1-17(9-14(18)15-10-4-5-10)8-11-7-12(19-16-11)13-3-2-6-20-13/h2-3,6-7,10H,4-5,8-9H2,1H3,(H,15,18). The molecule has 1 N–H and O–H groups in total. The maximum absolute atomic E-state index is 11.7. The van der Waals surface area contributed by atoms with E-state index in [4.69, 9.17) is 4.52 Å². The number of hydrogen-bond donors (Lipinski definition) is 1. The predicted octanol–water partition coefficient (Wildman–Crippen LogP) is 2.11. The Bertz CT molecular complexity index is 575. The molecule has 0 aliphatic heterocycles. The summed E-state index contributed by atoms with van der Waals surface area (Å²) in [6.45, 7) is 0.991. The number of carbonyl (C=O) groups is 1. The van der Waals surface area contributed by atoms with Gasteiger partial charge in [-0.05, 0) is 31.3 Å². The van der Waals surface area contributed by atoms with Gasteiger partial charge in [-0.1, -0.05) is 11.2 Å². The summed E-state index contributed by atoms with van der Waals surface area (Å²) in [5.74, 6) is 0.864. The molecule has 6 heteroatoms. The van der Waals surface area contributed by atoms with Gasteiger partial charge in [0.2, 0.25) is 5.91 Å². The predicted molar refractivity (Wildman–Crippen MR) is 77.3 cm³/mol. The van der Waals surface area contributed by atoms with Crippen molar-refractivity contribution in [3.05, 3.63) is 29.3 Å². The Labute approximate surface area is 121 Å². The van der Waals surface area contributed by atoms with Crippen LogP contribution < -0.4 is 5.32 Å². The van der Waals surface area contributed by atoms with Crippen LogP contribution in [-0.2, 0) is 11.3 Å². The first-order valence-corrected chi connectivity index (χ1v) is 7.56. The second kappa shape index (κ2) is 5.76. The van der Waals surface area contributed by atoms with E-state index in [0.717, 1.165) is 29.2 Å². The van der Waals surface area contributed by atoms with Crippen molar-refractivity contribution in [2.45, 2.75) is 25.4 Å². The minimum atomic E-state index is 0.0805. The summed E-state index contributed by atoms with van der Waals surface area (Å²) in [6, 6.07) is 6.33. The summed E-state index contributed by atoms with van der Waals surface area (Å²) >= 11 is 1.62. The molecule has 20 heavy (non-hydrogen) atoms. The smallest absolute Gasteiger partial charge is 0.234 e. The molecular weight excluding hydrogens is 274 g/mol. The minimum Gasteiger partial charge on any atom is -0.355 e. The van der Waals surface area contributed by atoms with Gasteiger partial charge in [0.15, 0.2) is 5.76 Å². The van der Waals surface area contributed by atoms with Crippen LogP contribution in [0.1, 0.15) is 18.5 Å². The first-order valence-electron chi connectivity index (χ1n) is 6.68. The van der Waals surface area contributed by atoms with Crippen molar-refractivity contribution in [2.75, 3.05) is 13.6 Å². The molecule has 1 fully saturated rings. The summed E-state index contributed by atoms with van der Waals surface area (Å²) in [7, 11) is 1.91. The zero-order valence-electron chi connectivity index (χ0n) is 11.3. The maximum Gasteiger partial charge on any atom is 0.234 e. The zero-order chi connectivity index (χ0) is 13.9. The Hall–Kier alpha value is -1.66. The third kappa shape index (κ3) is 3.46. The highest BCUT2D eigenvalue weighted by molar-refractivity contribution is 7.13. The number of likely N-dealkylation sites (N-methyl/N-ethyl adjacent to an activating group) is 1. The van der Waals surface area contributed by atoms with Crippen LogP contribution in [0, 0.1) is 0 Å². The van der Waals surface area contributed by atoms with Crippen LogP contribution in [0.2, 0.25) is 0 Å². The number of hydrogen-bond acceptors (Lipinski definition) is 5. The molecule has 2 aromatic heterocycles. The van der Waals surface area contributed by atoms with E-state index in [1.54, 1.807) is 11.3 Å². The van der Waals surface area contributed by atoms with E-state index in [9.17, 15) is 4.79 Å². The van der Waals surface area contributed by atoms with Crippen molar-refractivity contribution in [3.8, 4) is 10.6 Å². The molecule has 5 nitrogen and oxygen atoms in total. The summed E-state index contributed by atoms with van der Waals surface area (Å²) in [5.41, 5.74) is 0.843. The van der Waals surface area contributed by atoms with Gasteiger partial charge in [-0.15, -0.1) is 11.3 Å². The lowest BCUT2D eigenvalue weighted by Crippen LogP contribution is -2.35. The summed E-state index contributed by atoms with van der Waals surface area (Å²) < 4.78 is 5.32. The molecule has 0 saturated heterocycles. The van der Waals surface area contributed by atoms with Gasteiger partial charge in [0.1, 0.15) is 0 Å². The number of carbonyl (C=O) groups excluding carboxylic acids is 1. The van der Waals surface area contributed by atoms with Gasteiger partial charge in [-0.25, -0.2) is 0 Å². The van der Waals surface area contributed by atoms with Gasteiger partial charge in [0.25, 0.3) is 0 Å². The molecule has 1 aliphatic rings. The van der Waals surface area contributed by atoms with E-state index < -0.39 is 0 Å². The van der Waals surface area contributed by atoms with E-state index in [1.165, 1.54) is 0 Å². The van der Waals surface area contributed by atoms with E-state index in [2.05, 4.69) is 10.5 Å². The van der Waals surface area contributed by atoms with Gasteiger partial charge < -0.3 is 9.84 Å². The second-order valence-electron chi connectivity index (χ2n) is 5.17. The number of rotatable bonds is 6. The van der Waals surface area contributed by atoms with Crippen LogP contribution in [0.3, 0.4) is 0 Å². The molecule has 2 heterocycles. The maximum atomic E-state index is 11.7. The van der Waals surface area contributed by atoms with Crippen molar-refractivity contribution < 1.29 is 9.32 Å². The highest BCUT2D eigenvalue weighted by Crippen LogP contribution is 2.25. The number of amides is 1. The van der Waals surface area contributed by atoms with Crippen LogP contribution in [0.25, 0.3) is 10.6 Å². The fourth-order valence-corrected chi connectivity index (χ4v) is 2.67. The first-order chi connectivity index (χ1) is 9.70. The van der Waals surface area contributed by atoms with E-state index in [-0.39, 0.29) is 5.91 Å². The van der Waals surface area contributed by atoms with Crippen LogP contribution in [0.4, 0.5) is 0 Å². The number of thiophene rings is 1. The Kier molecular flexibility index (Phi) is 3.84. The fourth-order valence-electron chi connectivity index (χ4n) is 2.00. The molecule has 0 radical (unpaired) electrons. The third-order valence-electron chi connectivity index (χ3n) is 3.11. The van der Waals surface area contributed by atoms with E-state index in [0.29, 0.717) is 19.1 Å². The molecule has 1 aliphatic carbocycles. The average molecular weight is 291 g/mol. The number of nitrogens with zero attached hydrogens (tertiary/aromatic N) is 2. The molecule has 1 saturated carbocycles. The SMILES string of the molecule is CN(CC(=O)NC1CC1)Cc1cc(-c2cccs2)on1. The molecule has 0 bridgehead atoms. The lowest BCUT2D eigenvalue weighted by atomic mass is 10.3. The number of aromatic nitrogens is 1. The Morgan fingerprint density at radius 1 is 1.60 bits per heavy atom. The van der Waals surface area contributed by atoms with Crippen molar-refractivity contribution in [1.82, 2.24) is 15.4 Å². The van der Waals surface area contributed by atoms with Crippen molar-refractivity contribution in [3.63, 3.8) is 0 Å². The second-order valence-corrected chi connectivity index (χ2v) is 6.12. The summed E-state index contributed by atoms with van der Waals surface area (Å²) in [4.78, 5) is 14.7. The monoisotopic (exact) mass is 291 g/mol. The molecule has 1 amide bonds. The zero-order valence-corrected chi connectivity index (χ0v) is 12.2. The number of nitrogens with one attached hydrogen (secondary N) is 1. The van der Waals surface area contributed by atoms with Crippen molar-refractivity contribution in [2.24, 2.45) is 0 Å². The molecule has 106 valence electrons. The largest absolute Gasteiger partial charge is 0.355 e. The molecule has 0 atom stereocenters. The fraction of sp³-hybridized carbons (Fsp3) is 0.429. The van der Waals surface area contributed by atoms with Gasteiger partial charge in [-0.2, -0.15) is 0 Å². The molecular formula is C14H17N3O2S. The Morgan fingerprint density at radius 3 is 3.15 bits per heavy atom. The normalized spacial score (nSPS) is 14.7. The molecule has 2 aromatic rings. The van der Waals surface area contributed by atoms with Gasteiger partial charge in [-0.3, -0.25) is 9.69 Å². The van der Waals surface area contributed by atoms with Gasteiger partial charge >= 0.3 is 0 Å². The topological polar surface area (TPSA) is 58.4 Å². The van der Waals surface area contributed by atoms with Crippen LogP contribution in [0.15, 0.2) is 28.1 Å². The summed E-state index contributed by atoms with van der Waals surface area (Å²) in [5, 5.41) is 9.03. The molecule has 0 aromatic carbocycles. The summed E-state index contributed by atoms with van der Waals surface area (Å²) in [6.07, 6.45) is 2.23. The average Bonchev–Trinajstić information content (AvgIpc) is 2.92. The first kappa shape index (κ1) is 13.3. The molecule has 3 rings (SSSR count). The molecule has 0 unspecified atom stereocenters. The quantitative estimate of drug-likeness (QED) is 0.885.